The van der Waals surface area contributed by atoms with Crippen molar-refractivity contribution in [1.82, 2.24) is 10.2 Å². The van der Waals surface area contributed by atoms with Crippen LogP contribution in [0.3, 0.4) is 0 Å². The molecule has 1 fully saturated rings. The fraction of sp³-hybridized carbons (Fsp3) is 0.412. The van der Waals surface area contributed by atoms with Gasteiger partial charge in [0, 0.05) is 13.1 Å². The van der Waals surface area contributed by atoms with Crippen LogP contribution in [0.5, 0.6) is 0 Å². The van der Waals surface area contributed by atoms with Crippen LogP contribution in [0.4, 0.5) is 11.6 Å². The highest BCUT2D eigenvalue weighted by molar-refractivity contribution is 7.92. The Labute approximate surface area is 143 Å². The molecule has 0 spiro atoms. The molecule has 6 nitrogen and oxygen atoms in total. The second-order valence-corrected chi connectivity index (χ2v) is 7.70. The van der Waals surface area contributed by atoms with E-state index in [1.807, 2.05) is 12.1 Å². The molecule has 1 aliphatic rings. The van der Waals surface area contributed by atoms with Gasteiger partial charge >= 0.3 is 0 Å². The predicted octanol–water partition coefficient (Wildman–Crippen LogP) is 2.97. The number of nitrogens with one attached hydrogen (secondary N) is 1. The number of hydrogen-bond donors (Lipinski definition) is 1. The fourth-order valence-electron chi connectivity index (χ4n) is 2.90. The molecule has 0 aliphatic carbocycles. The zero-order chi connectivity index (χ0) is 17.0. The summed E-state index contributed by atoms with van der Waals surface area (Å²) in [6.45, 7) is 3.72. The number of anilines is 2. The highest BCUT2D eigenvalue weighted by Crippen LogP contribution is 2.20. The summed E-state index contributed by atoms with van der Waals surface area (Å²) in [5, 5.41) is 8.24. The highest BCUT2D eigenvalue weighted by atomic mass is 32.2. The van der Waals surface area contributed by atoms with Crippen LogP contribution in [0.2, 0.25) is 0 Å². The molecule has 2 aromatic rings. The Morgan fingerprint density at radius 1 is 0.958 bits per heavy atom. The number of aryl methyl sites for hydroxylation is 1. The van der Waals surface area contributed by atoms with Gasteiger partial charge in [0.25, 0.3) is 10.0 Å². The molecule has 7 heteroatoms. The van der Waals surface area contributed by atoms with Crippen LogP contribution in [0.25, 0.3) is 0 Å². The molecule has 0 bridgehead atoms. The van der Waals surface area contributed by atoms with Gasteiger partial charge in [0.2, 0.25) is 0 Å². The summed E-state index contributed by atoms with van der Waals surface area (Å²) in [4.78, 5) is 2.46. The minimum absolute atomic E-state index is 0.233. The zero-order valence-electron chi connectivity index (χ0n) is 13.8. The quantitative estimate of drug-likeness (QED) is 0.921. The molecular formula is C17H22N4O2S. The van der Waals surface area contributed by atoms with E-state index in [1.165, 1.54) is 12.8 Å². The number of hydrogen-bond acceptors (Lipinski definition) is 5. The van der Waals surface area contributed by atoms with Gasteiger partial charge in [-0.15, -0.1) is 10.2 Å². The van der Waals surface area contributed by atoms with E-state index in [-0.39, 0.29) is 10.7 Å². The Bertz CT molecular complexity index is 782. The van der Waals surface area contributed by atoms with Crippen LogP contribution in [-0.2, 0) is 10.0 Å². The van der Waals surface area contributed by atoms with E-state index in [0.717, 1.165) is 31.7 Å². The first kappa shape index (κ1) is 16.7. The second kappa shape index (κ2) is 7.17. The lowest BCUT2D eigenvalue weighted by atomic mass is 10.2. The van der Waals surface area contributed by atoms with E-state index < -0.39 is 10.0 Å². The summed E-state index contributed by atoms with van der Waals surface area (Å²) in [6, 6.07) is 10.4. The van der Waals surface area contributed by atoms with Gasteiger partial charge < -0.3 is 4.90 Å². The largest absolute Gasteiger partial charge is 0.355 e. The van der Waals surface area contributed by atoms with Crippen molar-refractivity contribution in [2.45, 2.75) is 37.5 Å². The minimum Gasteiger partial charge on any atom is -0.355 e. The maximum atomic E-state index is 12.5. The van der Waals surface area contributed by atoms with Gasteiger partial charge in [-0.3, -0.25) is 4.72 Å². The molecule has 0 unspecified atom stereocenters. The Morgan fingerprint density at radius 2 is 1.67 bits per heavy atom. The van der Waals surface area contributed by atoms with Crippen molar-refractivity contribution in [1.29, 1.82) is 0 Å². The first-order valence-corrected chi connectivity index (χ1v) is 9.72. The molecule has 1 N–H and O–H groups in total. The molecule has 0 saturated carbocycles. The van der Waals surface area contributed by atoms with Crippen LogP contribution in [-0.4, -0.2) is 31.7 Å². The van der Waals surface area contributed by atoms with Crippen LogP contribution >= 0.6 is 0 Å². The summed E-state index contributed by atoms with van der Waals surface area (Å²) >= 11 is 0. The summed E-state index contributed by atoms with van der Waals surface area (Å²) in [7, 11) is -3.65. The van der Waals surface area contributed by atoms with Crippen molar-refractivity contribution < 1.29 is 8.42 Å². The Hall–Kier alpha value is -2.15. The molecule has 3 rings (SSSR count). The molecule has 2 heterocycles. The van der Waals surface area contributed by atoms with E-state index in [0.29, 0.717) is 5.56 Å². The Balaban J connectivity index is 1.75. The van der Waals surface area contributed by atoms with Crippen LogP contribution < -0.4 is 9.62 Å². The van der Waals surface area contributed by atoms with Crippen LogP contribution in [0.15, 0.2) is 41.3 Å². The Kier molecular flexibility index (Phi) is 4.99. The molecule has 0 amide bonds. The van der Waals surface area contributed by atoms with Crippen molar-refractivity contribution >= 4 is 21.7 Å². The van der Waals surface area contributed by atoms with Gasteiger partial charge in [-0.25, -0.2) is 8.42 Å². The number of benzene rings is 1. The van der Waals surface area contributed by atoms with Gasteiger partial charge in [0.1, 0.15) is 0 Å². The summed E-state index contributed by atoms with van der Waals surface area (Å²) < 4.78 is 27.4. The van der Waals surface area contributed by atoms with Gasteiger partial charge in [0.05, 0.1) is 4.90 Å². The SMILES string of the molecule is Cc1ccccc1S(=O)(=O)Nc1ccc(N2CCCCCC2)nn1. The van der Waals surface area contributed by atoms with Crippen LogP contribution in [0, 0.1) is 6.92 Å². The van der Waals surface area contributed by atoms with Crippen molar-refractivity contribution in [3.8, 4) is 0 Å². The van der Waals surface area contributed by atoms with Gasteiger partial charge in [-0.1, -0.05) is 31.0 Å². The maximum Gasteiger partial charge on any atom is 0.263 e. The molecule has 0 atom stereocenters. The fourth-order valence-corrected chi connectivity index (χ4v) is 4.14. The average molecular weight is 346 g/mol. The maximum absolute atomic E-state index is 12.5. The van der Waals surface area contributed by atoms with E-state index in [4.69, 9.17) is 0 Å². The van der Waals surface area contributed by atoms with E-state index in [2.05, 4.69) is 19.8 Å². The zero-order valence-corrected chi connectivity index (χ0v) is 14.6. The van der Waals surface area contributed by atoms with E-state index in [1.54, 1.807) is 31.2 Å². The number of nitrogens with zero attached hydrogens (tertiary/aromatic N) is 3. The van der Waals surface area contributed by atoms with Gasteiger partial charge in [-0.2, -0.15) is 0 Å². The topological polar surface area (TPSA) is 75.2 Å². The molecule has 1 aromatic carbocycles. The summed E-state index contributed by atoms with van der Waals surface area (Å²) in [6.07, 6.45) is 4.81. The monoisotopic (exact) mass is 346 g/mol. The first-order chi connectivity index (χ1) is 11.6. The first-order valence-electron chi connectivity index (χ1n) is 8.23. The third-order valence-corrected chi connectivity index (χ3v) is 5.72. The smallest absolute Gasteiger partial charge is 0.263 e. The molecule has 1 saturated heterocycles. The van der Waals surface area contributed by atoms with Crippen molar-refractivity contribution in [2.75, 3.05) is 22.7 Å². The molecular weight excluding hydrogens is 324 g/mol. The molecule has 24 heavy (non-hydrogen) atoms. The predicted molar refractivity (Wildman–Crippen MR) is 94.7 cm³/mol. The lowest BCUT2D eigenvalue weighted by Crippen LogP contribution is -2.25. The molecule has 1 aliphatic heterocycles. The number of sulfonamides is 1. The second-order valence-electron chi connectivity index (χ2n) is 6.05. The third kappa shape index (κ3) is 3.84. The molecule has 1 aromatic heterocycles. The number of rotatable bonds is 4. The third-order valence-electron chi connectivity index (χ3n) is 4.20. The minimum atomic E-state index is -3.65. The average Bonchev–Trinajstić information content (AvgIpc) is 2.85. The van der Waals surface area contributed by atoms with E-state index in [9.17, 15) is 8.42 Å². The molecule has 0 radical (unpaired) electrons. The molecule has 128 valence electrons. The number of aromatic nitrogens is 2. The normalized spacial score (nSPS) is 15.8. The van der Waals surface area contributed by atoms with Gasteiger partial charge in [-0.05, 0) is 43.5 Å². The summed E-state index contributed by atoms with van der Waals surface area (Å²) in [5.74, 6) is 1.03. The van der Waals surface area contributed by atoms with Crippen molar-refractivity contribution in [3.63, 3.8) is 0 Å². The van der Waals surface area contributed by atoms with Crippen molar-refractivity contribution in [3.05, 3.63) is 42.0 Å². The van der Waals surface area contributed by atoms with Crippen molar-refractivity contribution in [2.24, 2.45) is 0 Å². The lowest BCUT2D eigenvalue weighted by molar-refractivity contribution is 0.600. The lowest BCUT2D eigenvalue weighted by Gasteiger charge is -2.20. The Morgan fingerprint density at radius 3 is 2.29 bits per heavy atom. The van der Waals surface area contributed by atoms with E-state index >= 15 is 0 Å². The van der Waals surface area contributed by atoms with Gasteiger partial charge in [0.15, 0.2) is 11.6 Å². The standard InChI is InChI=1S/C17H22N4O2S/c1-14-8-4-5-9-15(14)24(22,23)20-16-10-11-17(19-18-16)21-12-6-2-3-7-13-21/h4-5,8-11H,2-3,6-7,12-13H2,1H3,(H,18,20). The van der Waals surface area contributed by atoms with Crippen LogP contribution in [0.1, 0.15) is 31.2 Å². The summed E-state index contributed by atoms with van der Waals surface area (Å²) in [5.41, 5.74) is 0.694. The highest BCUT2D eigenvalue weighted by Gasteiger charge is 2.18.